The Morgan fingerprint density at radius 3 is 2.59 bits per heavy atom. The van der Waals surface area contributed by atoms with Gasteiger partial charge in [0.15, 0.2) is 0 Å². The molecular formula is C19H22N2O. The van der Waals surface area contributed by atoms with Crippen LogP contribution in [0.3, 0.4) is 0 Å². The smallest absolute Gasteiger partial charge is 0.139 e. The molecule has 2 aromatic carbocycles. The monoisotopic (exact) mass is 294 g/mol. The number of aryl methyl sites for hydroxylation is 1. The molecule has 1 atom stereocenters. The summed E-state index contributed by atoms with van der Waals surface area (Å²) in [4.78, 5) is 4.67. The number of para-hydroxylation sites is 2. The fraction of sp³-hybridized carbons (Fsp3) is 0.316. The summed E-state index contributed by atoms with van der Waals surface area (Å²) in [6.45, 7) is 4.94. The molecule has 22 heavy (non-hydrogen) atoms. The maximum Gasteiger partial charge on any atom is 0.139 e. The van der Waals surface area contributed by atoms with E-state index in [-0.39, 0.29) is 0 Å². The van der Waals surface area contributed by atoms with E-state index >= 15 is 0 Å². The number of hydrogen-bond donors (Lipinski definition) is 1. The predicted molar refractivity (Wildman–Crippen MR) is 89.9 cm³/mol. The third-order valence-electron chi connectivity index (χ3n) is 4.13. The van der Waals surface area contributed by atoms with E-state index in [4.69, 9.17) is 0 Å². The zero-order valence-electron chi connectivity index (χ0n) is 13.2. The van der Waals surface area contributed by atoms with Gasteiger partial charge in [-0.15, -0.1) is 0 Å². The lowest BCUT2D eigenvalue weighted by Gasteiger charge is -2.14. The zero-order valence-corrected chi connectivity index (χ0v) is 13.2. The number of rotatable bonds is 5. The van der Waals surface area contributed by atoms with Gasteiger partial charge in [0.25, 0.3) is 0 Å². The minimum atomic E-state index is -0.513. The molecule has 3 nitrogen and oxygen atoms in total. The standard InChI is InChI=1S/C19H22N2O/c1-3-8-18(22)19-20-16-11-6-7-12-17(16)21(19)13-15-10-5-4-9-14(15)2/h4-7,9-12,18,22H,3,8,13H2,1-2H3/t18-/m1/s1. The third kappa shape index (κ3) is 2.77. The summed E-state index contributed by atoms with van der Waals surface area (Å²) >= 11 is 0. The molecule has 3 rings (SSSR count). The summed E-state index contributed by atoms with van der Waals surface area (Å²) in [7, 11) is 0. The molecule has 1 aromatic heterocycles. The summed E-state index contributed by atoms with van der Waals surface area (Å²) in [5.74, 6) is 0.770. The molecule has 3 heteroatoms. The molecule has 0 aliphatic heterocycles. The summed E-state index contributed by atoms with van der Waals surface area (Å²) in [6, 6.07) is 16.5. The molecule has 0 spiro atoms. The Hall–Kier alpha value is -2.13. The first kappa shape index (κ1) is 14.8. The van der Waals surface area contributed by atoms with Crippen molar-refractivity contribution in [1.82, 2.24) is 9.55 Å². The number of benzene rings is 2. The second-order valence-electron chi connectivity index (χ2n) is 5.78. The number of hydrogen-bond acceptors (Lipinski definition) is 2. The van der Waals surface area contributed by atoms with Crippen LogP contribution in [0.15, 0.2) is 48.5 Å². The minimum Gasteiger partial charge on any atom is -0.385 e. The number of imidazole rings is 1. The molecule has 0 bridgehead atoms. The van der Waals surface area contributed by atoms with Crippen molar-refractivity contribution in [2.75, 3.05) is 0 Å². The van der Waals surface area contributed by atoms with Crippen LogP contribution in [0.4, 0.5) is 0 Å². The molecule has 1 heterocycles. The molecular weight excluding hydrogens is 272 g/mol. The quantitative estimate of drug-likeness (QED) is 0.765. The van der Waals surface area contributed by atoms with Crippen molar-refractivity contribution in [2.24, 2.45) is 0 Å². The van der Waals surface area contributed by atoms with Gasteiger partial charge in [-0.3, -0.25) is 0 Å². The van der Waals surface area contributed by atoms with Crippen LogP contribution in [0.1, 0.15) is 42.8 Å². The first-order valence-corrected chi connectivity index (χ1v) is 7.88. The lowest BCUT2D eigenvalue weighted by Crippen LogP contribution is -2.10. The van der Waals surface area contributed by atoms with Crippen molar-refractivity contribution in [2.45, 2.75) is 39.3 Å². The largest absolute Gasteiger partial charge is 0.385 e. The summed E-state index contributed by atoms with van der Waals surface area (Å²) in [5, 5.41) is 10.5. The van der Waals surface area contributed by atoms with Crippen molar-refractivity contribution in [3.63, 3.8) is 0 Å². The number of fused-ring (bicyclic) bond motifs is 1. The van der Waals surface area contributed by atoms with Gasteiger partial charge >= 0.3 is 0 Å². The lowest BCUT2D eigenvalue weighted by molar-refractivity contribution is 0.153. The first-order valence-electron chi connectivity index (χ1n) is 7.88. The van der Waals surface area contributed by atoms with E-state index in [0.29, 0.717) is 0 Å². The Morgan fingerprint density at radius 1 is 1.09 bits per heavy atom. The van der Waals surface area contributed by atoms with Crippen molar-refractivity contribution >= 4 is 11.0 Å². The Kier molecular flexibility index (Phi) is 4.25. The number of aliphatic hydroxyl groups excluding tert-OH is 1. The summed E-state index contributed by atoms with van der Waals surface area (Å²) < 4.78 is 2.15. The van der Waals surface area contributed by atoms with Crippen LogP contribution in [0.25, 0.3) is 11.0 Å². The predicted octanol–water partition coefficient (Wildman–Crippen LogP) is 4.23. The molecule has 3 aromatic rings. The Morgan fingerprint density at radius 2 is 1.82 bits per heavy atom. The van der Waals surface area contributed by atoms with Crippen LogP contribution in [-0.4, -0.2) is 14.7 Å². The molecule has 0 aliphatic carbocycles. The average molecular weight is 294 g/mol. The number of nitrogens with zero attached hydrogens (tertiary/aromatic N) is 2. The van der Waals surface area contributed by atoms with Gasteiger partial charge in [-0.1, -0.05) is 49.7 Å². The Labute approximate surface area is 131 Å². The average Bonchev–Trinajstić information content (AvgIpc) is 2.89. The minimum absolute atomic E-state index is 0.513. The molecule has 0 saturated heterocycles. The van der Waals surface area contributed by atoms with Gasteiger partial charge in [-0.2, -0.15) is 0 Å². The highest BCUT2D eigenvalue weighted by molar-refractivity contribution is 5.76. The Bertz CT molecular complexity index is 776. The maximum absolute atomic E-state index is 10.5. The second kappa shape index (κ2) is 6.32. The highest BCUT2D eigenvalue weighted by Gasteiger charge is 2.17. The Balaban J connectivity index is 2.09. The van der Waals surface area contributed by atoms with E-state index in [9.17, 15) is 5.11 Å². The molecule has 0 aliphatic rings. The maximum atomic E-state index is 10.5. The van der Waals surface area contributed by atoms with Crippen LogP contribution in [0.2, 0.25) is 0 Å². The van der Waals surface area contributed by atoms with Crippen LogP contribution in [0.5, 0.6) is 0 Å². The van der Waals surface area contributed by atoms with Gasteiger partial charge in [0, 0.05) is 6.54 Å². The van der Waals surface area contributed by atoms with Gasteiger partial charge < -0.3 is 9.67 Å². The summed E-state index contributed by atoms with van der Waals surface area (Å²) in [5.41, 5.74) is 4.55. The topological polar surface area (TPSA) is 38.1 Å². The normalized spacial score (nSPS) is 12.7. The molecule has 0 saturated carbocycles. The van der Waals surface area contributed by atoms with Crippen molar-refractivity contribution < 1.29 is 5.11 Å². The molecule has 0 fully saturated rings. The highest BCUT2D eigenvalue weighted by Crippen LogP contribution is 2.25. The van der Waals surface area contributed by atoms with Crippen molar-refractivity contribution in [3.05, 3.63) is 65.5 Å². The molecule has 0 unspecified atom stereocenters. The van der Waals surface area contributed by atoms with Crippen LogP contribution >= 0.6 is 0 Å². The van der Waals surface area contributed by atoms with E-state index in [1.807, 2.05) is 18.2 Å². The zero-order chi connectivity index (χ0) is 15.5. The second-order valence-corrected chi connectivity index (χ2v) is 5.78. The van der Waals surface area contributed by atoms with Gasteiger partial charge in [0.2, 0.25) is 0 Å². The summed E-state index contributed by atoms with van der Waals surface area (Å²) in [6.07, 6.45) is 1.16. The van der Waals surface area contributed by atoms with Crippen molar-refractivity contribution in [1.29, 1.82) is 0 Å². The third-order valence-corrected chi connectivity index (χ3v) is 4.13. The molecule has 0 radical (unpaired) electrons. The van der Waals surface area contributed by atoms with Gasteiger partial charge in [0.1, 0.15) is 11.9 Å². The van der Waals surface area contributed by atoms with Gasteiger partial charge in [-0.05, 0) is 36.6 Å². The van der Waals surface area contributed by atoms with Crippen LogP contribution < -0.4 is 0 Å². The first-order chi connectivity index (χ1) is 10.7. The van der Waals surface area contributed by atoms with Crippen LogP contribution in [0, 0.1) is 6.92 Å². The van der Waals surface area contributed by atoms with E-state index in [2.05, 4.69) is 53.7 Å². The van der Waals surface area contributed by atoms with E-state index in [0.717, 1.165) is 36.2 Å². The number of aromatic nitrogens is 2. The highest BCUT2D eigenvalue weighted by atomic mass is 16.3. The van der Waals surface area contributed by atoms with Crippen molar-refractivity contribution in [3.8, 4) is 0 Å². The fourth-order valence-corrected chi connectivity index (χ4v) is 2.88. The van der Waals surface area contributed by atoms with Gasteiger partial charge in [-0.25, -0.2) is 4.98 Å². The molecule has 0 amide bonds. The molecule has 1 N–H and O–H groups in total. The fourth-order valence-electron chi connectivity index (χ4n) is 2.88. The SMILES string of the molecule is CCC[C@@H](O)c1nc2ccccc2n1Cc1ccccc1C. The van der Waals surface area contributed by atoms with E-state index < -0.39 is 6.10 Å². The molecule has 114 valence electrons. The van der Waals surface area contributed by atoms with Gasteiger partial charge in [0.05, 0.1) is 11.0 Å². The lowest BCUT2D eigenvalue weighted by atomic mass is 10.1. The van der Waals surface area contributed by atoms with Crippen LogP contribution in [-0.2, 0) is 6.54 Å². The number of aliphatic hydroxyl groups is 1. The van der Waals surface area contributed by atoms with E-state index in [1.54, 1.807) is 0 Å². The van der Waals surface area contributed by atoms with E-state index in [1.165, 1.54) is 11.1 Å².